The number of non-ortho nitro benzene ring substituents is 1. The molecule has 10 nitrogen and oxygen atoms in total. The summed E-state index contributed by atoms with van der Waals surface area (Å²) >= 11 is 3.96. The lowest BCUT2D eigenvalue weighted by Crippen LogP contribution is -2.40. The number of benzene rings is 3. The van der Waals surface area contributed by atoms with E-state index >= 15 is 0 Å². The third-order valence-corrected chi connectivity index (χ3v) is 9.75. The number of thiazole rings is 1. The molecule has 6 rings (SSSR count). The molecule has 0 amide bonds. The minimum absolute atomic E-state index is 0.125. The predicted octanol–water partition coefficient (Wildman–Crippen LogP) is 5.51. The van der Waals surface area contributed by atoms with Crippen LogP contribution in [0.25, 0.3) is 11.8 Å². The number of nitro groups is 1. The van der Waals surface area contributed by atoms with Gasteiger partial charge >= 0.3 is 5.97 Å². The largest absolute Gasteiger partial charge is 0.463 e. The lowest BCUT2D eigenvalue weighted by Gasteiger charge is -2.26. The summed E-state index contributed by atoms with van der Waals surface area (Å²) in [6.07, 6.45) is 6.80. The fourth-order valence-corrected chi connectivity index (χ4v) is 7.17. The minimum atomic E-state index is -0.833. The molecule has 3 aromatic carbocycles. The van der Waals surface area contributed by atoms with Gasteiger partial charge < -0.3 is 4.74 Å². The van der Waals surface area contributed by atoms with E-state index in [9.17, 15) is 19.7 Å². The molecule has 46 heavy (non-hydrogen) atoms. The molecule has 0 unspecified atom stereocenters. The zero-order valence-electron chi connectivity index (χ0n) is 24.5. The van der Waals surface area contributed by atoms with Gasteiger partial charge in [-0.2, -0.15) is 0 Å². The van der Waals surface area contributed by atoms with E-state index in [0.29, 0.717) is 41.8 Å². The number of aromatic nitrogens is 3. The molecule has 0 aliphatic carbocycles. The monoisotopic (exact) mass is 667 g/mol. The molecule has 0 fully saturated rings. The molecule has 1 aliphatic heterocycles. The highest BCUT2D eigenvalue weighted by Crippen LogP contribution is 2.36. The van der Waals surface area contributed by atoms with Crippen LogP contribution in [0.2, 0.25) is 0 Å². The van der Waals surface area contributed by atoms with E-state index in [1.54, 1.807) is 49.3 Å². The Morgan fingerprint density at radius 1 is 1.07 bits per heavy atom. The summed E-state index contributed by atoms with van der Waals surface area (Å²) in [5.74, 6) is -0.571. The van der Waals surface area contributed by atoms with Crippen molar-refractivity contribution < 1.29 is 14.5 Å². The van der Waals surface area contributed by atoms with E-state index in [4.69, 9.17) is 9.73 Å². The van der Waals surface area contributed by atoms with E-state index in [1.165, 1.54) is 28.5 Å². The Labute approximate surface area is 275 Å². The van der Waals surface area contributed by atoms with E-state index in [-0.39, 0.29) is 17.9 Å². The van der Waals surface area contributed by atoms with Gasteiger partial charge in [-0.05, 0) is 66.4 Å². The summed E-state index contributed by atoms with van der Waals surface area (Å²) in [7, 11) is 0. The number of carbonyl (C=O) groups is 1. The molecule has 0 bridgehead atoms. The molecule has 2 aromatic heterocycles. The Balaban J connectivity index is 1.61. The van der Waals surface area contributed by atoms with E-state index in [0.717, 1.165) is 16.2 Å². The topological polar surface area (TPSA) is 130 Å². The first-order valence-electron chi connectivity index (χ1n) is 14.0. The lowest BCUT2D eigenvalue weighted by atomic mass is 9.93. The summed E-state index contributed by atoms with van der Waals surface area (Å²) in [6.45, 7) is 1.87. The number of nitrogens with zero attached hydrogens (tertiary/aromatic N) is 5. The van der Waals surface area contributed by atoms with E-state index < -0.39 is 22.5 Å². The number of rotatable bonds is 9. The molecule has 5 aromatic rings. The summed E-state index contributed by atoms with van der Waals surface area (Å²) in [4.78, 5) is 54.6. The molecule has 1 atom stereocenters. The van der Waals surface area contributed by atoms with Gasteiger partial charge in [-0.3, -0.25) is 19.5 Å². The second kappa shape index (κ2) is 13.6. The van der Waals surface area contributed by atoms with Crippen LogP contribution in [0.15, 0.2) is 122 Å². The van der Waals surface area contributed by atoms with Crippen molar-refractivity contribution in [1.29, 1.82) is 0 Å². The molecule has 0 spiro atoms. The average molecular weight is 668 g/mol. The van der Waals surface area contributed by atoms with Gasteiger partial charge in [0.1, 0.15) is 0 Å². The molecule has 1 aliphatic rings. The maximum absolute atomic E-state index is 14.3. The lowest BCUT2D eigenvalue weighted by molar-refractivity contribution is -0.384. The Morgan fingerprint density at radius 2 is 1.80 bits per heavy atom. The fraction of sp³-hybridized carbons (Fsp3) is 0.121. The third kappa shape index (κ3) is 6.29. The molecular formula is C33H25N5O5S3. The maximum Gasteiger partial charge on any atom is 0.338 e. The first kappa shape index (κ1) is 31.1. The smallest absolute Gasteiger partial charge is 0.338 e. The highest BCUT2D eigenvalue weighted by atomic mass is 32.2. The third-order valence-electron chi connectivity index (χ3n) is 7.04. The van der Waals surface area contributed by atoms with Crippen molar-refractivity contribution in [2.45, 2.75) is 27.9 Å². The van der Waals surface area contributed by atoms with Gasteiger partial charge in [-0.25, -0.2) is 19.8 Å². The van der Waals surface area contributed by atoms with Crippen LogP contribution in [0.1, 0.15) is 29.7 Å². The van der Waals surface area contributed by atoms with Crippen LogP contribution in [-0.2, 0) is 9.53 Å². The zero-order chi connectivity index (χ0) is 32.2. The van der Waals surface area contributed by atoms with Gasteiger partial charge in [0.05, 0.1) is 33.4 Å². The van der Waals surface area contributed by atoms with Gasteiger partial charge in [0, 0.05) is 39.9 Å². The van der Waals surface area contributed by atoms with Crippen molar-refractivity contribution >= 4 is 58.3 Å². The maximum atomic E-state index is 14.3. The summed E-state index contributed by atoms with van der Waals surface area (Å²) in [5, 5.41) is 12.2. The van der Waals surface area contributed by atoms with Crippen LogP contribution < -0.4 is 14.9 Å². The van der Waals surface area contributed by atoms with Crippen LogP contribution in [0.3, 0.4) is 0 Å². The second-order valence-electron chi connectivity index (χ2n) is 9.82. The number of nitro benzene ring substituents is 1. The average Bonchev–Trinajstić information content (AvgIpc) is 3.39. The van der Waals surface area contributed by atoms with Crippen molar-refractivity contribution in [3.8, 4) is 0 Å². The van der Waals surface area contributed by atoms with Crippen LogP contribution in [0, 0.1) is 10.1 Å². The fourth-order valence-electron chi connectivity index (χ4n) is 4.97. The minimum Gasteiger partial charge on any atom is -0.463 e. The van der Waals surface area contributed by atoms with Crippen LogP contribution in [-0.4, -0.2) is 38.3 Å². The number of hydrogen-bond donors (Lipinski definition) is 0. The molecule has 0 radical (unpaired) electrons. The predicted molar refractivity (Wildman–Crippen MR) is 179 cm³/mol. The van der Waals surface area contributed by atoms with Gasteiger partial charge in [0.2, 0.25) is 0 Å². The zero-order valence-corrected chi connectivity index (χ0v) is 27.0. The standard InChI is InChI=1S/C33H25N5O5S3/c1-3-43-31(40)27-28(20-8-5-4-6-9-20)36-33-37(29(27)21-10-13-24(44-2)14-11-21)30(39)26(46-33)19-22-18-23(38(41)42)12-15-25(22)45-32-34-16-7-17-35-32/h4-19,29H,3H2,1-2H3/b26-19+/t29-/m1/s1. The Hall–Kier alpha value is -4.85. The quantitative estimate of drug-likeness (QED) is 0.0657. The number of carbonyl (C=O) groups excluding carboxylic acids is 1. The first-order chi connectivity index (χ1) is 22.4. The Bertz CT molecular complexity index is 2150. The Morgan fingerprint density at radius 3 is 2.48 bits per heavy atom. The van der Waals surface area contributed by atoms with Crippen molar-refractivity contribution in [2.75, 3.05) is 12.9 Å². The van der Waals surface area contributed by atoms with Gasteiger partial charge in [0.25, 0.3) is 11.2 Å². The summed E-state index contributed by atoms with van der Waals surface area (Å²) in [6, 6.07) is 22.3. The highest BCUT2D eigenvalue weighted by molar-refractivity contribution is 7.99. The number of hydrogen-bond acceptors (Lipinski definition) is 11. The van der Waals surface area contributed by atoms with E-state index in [2.05, 4.69) is 9.97 Å². The molecule has 13 heteroatoms. The second-order valence-corrected chi connectivity index (χ2v) is 12.7. The van der Waals surface area contributed by atoms with Crippen molar-refractivity contribution in [1.82, 2.24) is 14.5 Å². The number of ether oxygens (including phenoxy) is 1. The first-order valence-corrected chi connectivity index (χ1v) is 16.9. The highest BCUT2D eigenvalue weighted by Gasteiger charge is 2.35. The number of thioether (sulfide) groups is 1. The molecule has 0 N–H and O–H groups in total. The van der Waals surface area contributed by atoms with Crippen LogP contribution >= 0.6 is 34.9 Å². The van der Waals surface area contributed by atoms with Gasteiger partial charge in [-0.1, -0.05) is 53.8 Å². The molecule has 230 valence electrons. The number of fused-ring (bicyclic) bond motifs is 1. The van der Waals surface area contributed by atoms with Gasteiger partial charge in [-0.15, -0.1) is 11.8 Å². The summed E-state index contributed by atoms with van der Waals surface area (Å²) < 4.78 is 7.33. The SMILES string of the molecule is CCOC(=O)C1=C(c2ccccc2)N=c2s/c(=C/c3cc([N+](=O)[O-])ccc3Sc3ncccn3)c(=O)n2[C@@H]1c1ccc(SC)cc1. The molecule has 0 saturated heterocycles. The number of esters is 1. The van der Waals surface area contributed by atoms with E-state index in [1.807, 2.05) is 60.9 Å². The Kier molecular flexibility index (Phi) is 9.24. The molecule has 0 saturated carbocycles. The van der Waals surface area contributed by atoms with Crippen molar-refractivity contribution in [2.24, 2.45) is 4.99 Å². The van der Waals surface area contributed by atoms with Gasteiger partial charge in [0.15, 0.2) is 9.96 Å². The van der Waals surface area contributed by atoms with Crippen LogP contribution in [0.5, 0.6) is 0 Å². The molecule has 3 heterocycles. The van der Waals surface area contributed by atoms with Crippen LogP contribution in [0.4, 0.5) is 5.69 Å². The molecular weight excluding hydrogens is 643 g/mol. The summed E-state index contributed by atoms with van der Waals surface area (Å²) in [5.41, 5.74) is 2.01. The van der Waals surface area contributed by atoms with Crippen molar-refractivity contribution in [3.63, 3.8) is 0 Å². The normalized spacial score (nSPS) is 14.5. The van der Waals surface area contributed by atoms with Crippen molar-refractivity contribution in [3.05, 3.63) is 143 Å².